The molecule has 4 nitrogen and oxygen atoms in total. The smallest absolute Gasteiger partial charge is 0.264 e. The van der Waals surface area contributed by atoms with Crippen LogP contribution in [0.1, 0.15) is 24.5 Å². The van der Waals surface area contributed by atoms with Crippen LogP contribution < -0.4 is 10.5 Å². The quantitative estimate of drug-likeness (QED) is 0.874. The number of anilines is 1. The highest BCUT2D eigenvalue weighted by atomic mass is 35.5. The van der Waals surface area contributed by atoms with Crippen molar-refractivity contribution in [3.8, 4) is 5.75 Å². The van der Waals surface area contributed by atoms with Gasteiger partial charge in [-0.05, 0) is 36.2 Å². The molecule has 1 aliphatic heterocycles. The normalized spacial score (nSPS) is 17.4. The number of nitrogen functional groups attached to an aromatic ring is 1. The minimum atomic E-state index is -0.484. The molecule has 120 valence electrons. The first-order chi connectivity index (χ1) is 11.1. The number of amides is 1. The molecule has 1 atom stereocenters. The van der Waals surface area contributed by atoms with Crippen molar-refractivity contribution in [2.45, 2.75) is 32.5 Å². The Labute approximate surface area is 140 Å². The summed E-state index contributed by atoms with van der Waals surface area (Å²) in [6, 6.07) is 13.1. The van der Waals surface area contributed by atoms with Gasteiger partial charge in [0.25, 0.3) is 5.91 Å². The highest BCUT2D eigenvalue weighted by Crippen LogP contribution is 2.30. The summed E-state index contributed by atoms with van der Waals surface area (Å²) in [6.45, 7) is 2.85. The number of rotatable bonds is 3. The zero-order valence-electron chi connectivity index (χ0n) is 13.0. The van der Waals surface area contributed by atoms with Crippen LogP contribution in [0.25, 0.3) is 0 Å². The summed E-state index contributed by atoms with van der Waals surface area (Å²) in [7, 11) is 0. The van der Waals surface area contributed by atoms with Crippen molar-refractivity contribution in [1.82, 2.24) is 4.90 Å². The number of fused-ring (bicyclic) bond motifs is 1. The van der Waals surface area contributed by atoms with E-state index in [1.54, 1.807) is 11.0 Å². The molecule has 0 radical (unpaired) electrons. The summed E-state index contributed by atoms with van der Waals surface area (Å²) in [5, 5.41) is 0.659. The van der Waals surface area contributed by atoms with Gasteiger partial charge in [0.2, 0.25) is 0 Å². The molecule has 2 aromatic rings. The van der Waals surface area contributed by atoms with E-state index in [0.717, 1.165) is 16.9 Å². The maximum absolute atomic E-state index is 12.8. The highest BCUT2D eigenvalue weighted by Gasteiger charge is 2.30. The Bertz CT molecular complexity index is 733. The van der Waals surface area contributed by atoms with Gasteiger partial charge in [0.15, 0.2) is 6.10 Å². The van der Waals surface area contributed by atoms with Gasteiger partial charge in [0, 0.05) is 29.4 Å². The van der Waals surface area contributed by atoms with Gasteiger partial charge < -0.3 is 15.4 Å². The molecule has 0 spiro atoms. The summed E-state index contributed by atoms with van der Waals surface area (Å²) >= 11 is 6.24. The molecule has 1 heterocycles. The molecule has 0 aliphatic carbocycles. The lowest BCUT2D eigenvalue weighted by Crippen LogP contribution is -2.38. The number of benzene rings is 2. The fourth-order valence-corrected chi connectivity index (χ4v) is 2.95. The lowest BCUT2D eigenvalue weighted by atomic mass is 10.1. The summed E-state index contributed by atoms with van der Waals surface area (Å²) in [5.41, 5.74) is 8.38. The second-order valence-corrected chi connectivity index (χ2v) is 6.07. The molecule has 1 aliphatic rings. The van der Waals surface area contributed by atoms with E-state index in [2.05, 4.69) is 0 Å². The van der Waals surface area contributed by atoms with Crippen LogP contribution in [0.5, 0.6) is 5.75 Å². The number of nitrogens with zero attached hydrogens (tertiary/aromatic N) is 1. The lowest BCUT2D eigenvalue weighted by Gasteiger charge is -2.23. The number of ether oxygens (including phenoxy) is 1. The number of hydrogen-bond donors (Lipinski definition) is 1. The minimum Gasteiger partial charge on any atom is -0.480 e. The molecule has 0 bridgehead atoms. The zero-order valence-corrected chi connectivity index (χ0v) is 13.7. The maximum atomic E-state index is 12.8. The van der Waals surface area contributed by atoms with Crippen molar-refractivity contribution in [2.75, 3.05) is 5.73 Å². The number of hydrogen-bond acceptors (Lipinski definition) is 3. The Kier molecular flexibility index (Phi) is 4.44. The van der Waals surface area contributed by atoms with E-state index in [4.69, 9.17) is 22.1 Å². The largest absolute Gasteiger partial charge is 0.480 e. The molecular formula is C18H19ClN2O2. The van der Waals surface area contributed by atoms with E-state index >= 15 is 0 Å². The van der Waals surface area contributed by atoms with Crippen LogP contribution in [-0.4, -0.2) is 16.9 Å². The van der Waals surface area contributed by atoms with Gasteiger partial charge in [-0.15, -0.1) is 0 Å². The number of nitrogens with two attached hydrogens (primary N) is 1. The summed E-state index contributed by atoms with van der Waals surface area (Å²) in [4.78, 5) is 14.6. The Hall–Kier alpha value is -2.20. The number of carbonyl (C=O) groups is 1. The van der Waals surface area contributed by atoms with Gasteiger partial charge >= 0.3 is 0 Å². The number of carbonyl (C=O) groups excluding carboxylic acids is 1. The third kappa shape index (κ3) is 3.27. The standard InChI is InChI=1S/C18H19ClN2O2/c1-2-16-18(22)21(10-12-5-3-4-6-15(12)19)11-13-9-14(20)7-8-17(13)23-16/h3-9,16H,2,10-11,20H2,1H3. The predicted octanol–water partition coefficient (Wildman–Crippen LogP) is 3.62. The van der Waals surface area contributed by atoms with Crippen LogP contribution in [0.15, 0.2) is 42.5 Å². The molecule has 0 aromatic heterocycles. The van der Waals surface area contributed by atoms with Gasteiger partial charge in [-0.1, -0.05) is 36.7 Å². The first-order valence-corrected chi connectivity index (χ1v) is 8.03. The van der Waals surface area contributed by atoms with Crippen molar-refractivity contribution in [1.29, 1.82) is 0 Å². The molecular weight excluding hydrogens is 312 g/mol. The monoisotopic (exact) mass is 330 g/mol. The van der Waals surface area contributed by atoms with E-state index in [9.17, 15) is 4.79 Å². The average Bonchev–Trinajstić information content (AvgIpc) is 2.67. The third-order valence-corrected chi connectivity index (χ3v) is 4.36. The molecule has 0 fully saturated rings. The number of halogens is 1. The molecule has 5 heteroatoms. The Morgan fingerprint density at radius 2 is 2.09 bits per heavy atom. The fourth-order valence-electron chi connectivity index (χ4n) is 2.75. The summed E-state index contributed by atoms with van der Waals surface area (Å²) in [5.74, 6) is 0.697. The van der Waals surface area contributed by atoms with Crippen LogP contribution in [0.3, 0.4) is 0 Å². The fraction of sp³-hybridized carbons (Fsp3) is 0.278. The Morgan fingerprint density at radius 1 is 1.30 bits per heavy atom. The van der Waals surface area contributed by atoms with Crippen molar-refractivity contribution >= 4 is 23.2 Å². The molecule has 23 heavy (non-hydrogen) atoms. The third-order valence-electron chi connectivity index (χ3n) is 3.99. The molecule has 3 rings (SSSR count). The van der Waals surface area contributed by atoms with Gasteiger partial charge in [-0.3, -0.25) is 4.79 Å². The van der Waals surface area contributed by atoms with Crippen molar-refractivity contribution in [3.63, 3.8) is 0 Å². The van der Waals surface area contributed by atoms with Gasteiger partial charge in [0.1, 0.15) is 5.75 Å². The van der Waals surface area contributed by atoms with Crippen molar-refractivity contribution in [3.05, 3.63) is 58.6 Å². The molecule has 2 N–H and O–H groups in total. The minimum absolute atomic E-state index is 0.0257. The second kappa shape index (κ2) is 6.50. The van der Waals surface area contributed by atoms with Crippen LogP contribution in [0.4, 0.5) is 5.69 Å². The Morgan fingerprint density at radius 3 is 2.83 bits per heavy atom. The maximum Gasteiger partial charge on any atom is 0.264 e. The van der Waals surface area contributed by atoms with Gasteiger partial charge in [-0.2, -0.15) is 0 Å². The van der Waals surface area contributed by atoms with E-state index in [1.807, 2.05) is 43.3 Å². The van der Waals surface area contributed by atoms with E-state index < -0.39 is 6.10 Å². The topological polar surface area (TPSA) is 55.6 Å². The highest BCUT2D eigenvalue weighted by molar-refractivity contribution is 6.31. The van der Waals surface area contributed by atoms with E-state index in [-0.39, 0.29) is 5.91 Å². The van der Waals surface area contributed by atoms with E-state index in [0.29, 0.717) is 30.2 Å². The average molecular weight is 331 g/mol. The zero-order chi connectivity index (χ0) is 16.4. The van der Waals surface area contributed by atoms with Crippen LogP contribution >= 0.6 is 11.6 Å². The van der Waals surface area contributed by atoms with Crippen LogP contribution in [-0.2, 0) is 17.9 Å². The molecule has 0 saturated heterocycles. The first-order valence-electron chi connectivity index (χ1n) is 7.65. The molecule has 0 saturated carbocycles. The SMILES string of the molecule is CCC1Oc2ccc(N)cc2CN(Cc2ccccc2Cl)C1=O. The van der Waals surface area contributed by atoms with E-state index in [1.165, 1.54) is 0 Å². The Balaban J connectivity index is 1.95. The van der Waals surface area contributed by atoms with Gasteiger partial charge in [0.05, 0.1) is 0 Å². The first kappa shape index (κ1) is 15.7. The predicted molar refractivity (Wildman–Crippen MR) is 91.3 cm³/mol. The van der Waals surface area contributed by atoms with Crippen LogP contribution in [0.2, 0.25) is 5.02 Å². The lowest BCUT2D eigenvalue weighted by molar-refractivity contribution is -0.139. The second-order valence-electron chi connectivity index (χ2n) is 5.67. The van der Waals surface area contributed by atoms with Crippen molar-refractivity contribution in [2.24, 2.45) is 0 Å². The summed E-state index contributed by atoms with van der Waals surface area (Å²) in [6.07, 6.45) is 0.129. The van der Waals surface area contributed by atoms with Crippen molar-refractivity contribution < 1.29 is 9.53 Å². The molecule has 2 aromatic carbocycles. The van der Waals surface area contributed by atoms with Gasteiger partial charge in [-0.25, -0.2) is 0 Å². The molecule has 1 unspecified atom stereocenters. The summed E-state index contributed by atoms with van der Waals surface area (Å²) < 4.78 is 5.89. The van der Waals surface area contributed by atoms with Crippen LogP contribution in [0, 0.1) is 0 Å². The molecule has 1 amide bonds.